The van der Waals surface area contributed by atoms with Crippen molar-refractivity contribution >= 4 is 33.8 Å². The normalized spacial score (nSPS) is 32.0. The lowest BCUT2D eigenvalue weighted by molar-refractivity contribution is -0.150. The lowest BCUT2D eigenvalue weighted by Gasteiger charge is -2.62. The van der Waals surface area contributed by atoms with E-state index in [1.165, 1.54) is 55.7 Å². The fraction of sp³-hybridized carbons (Fsp3) is 0.265. The molecule has 1 aromatic heterocycles. The van der Waals surface area contributed by atoms with E-state index < -0.39 is 0 Å². The number of hydrogen-bond donors (Lipinski definition) is 0. The van der Waals surface area contributed by atoms with Crippen molar-refractivity contribution < 1.29 is 9.47 Å². The minimum atomic E-state index is -0.264. The number of ether oxygens (including phenoxy) is 2. The summed E-state index contributed by atoms with van der Waals surface area (Å²) < 4.78 is 16.6. The summed E-state index contributed by atoms with van der Waals surface area (Å²) >= 11 is 0. The average molecular weight is 678 g/mol. The third-order valence-electron chi connectivity index (χ3n) is 12.9. The molecule has 3 aromatic rings. The van der Waals surface area contributed by atoms with Gasteiger partial charge in [-0.15, -0.1) is 0 Å². The van der Waals surface area contributed by atoms with Crippen LogP contribution in [0.15, 0.2) is 157 Å². The monoisotopic (exact) mass is 677 g/mol. The molecule has 7 atom stereocenters. The van der Waals surface area contributed by atoms with Crippen LogP contribution in [-0.2, 0) is 15.9 Å². The topological polar surface area (TPSA) is 23.4 Å². The lowest BCUT2D eigenvalue weighted by atomic mass is 9.47. The van der Waals surface area contributed by atoms with Gasteiger partial charge >= 0.3 is 0 Å². The number of hydrogen-bond acceptors (Lipinski definition) is 2. The van der Waals surface area contributed by atoms with Gasteiger partial charge in [-0.1, -0.05) is 121 Å². The van der Waals surface area contributed by atoms with Gasteiger partial charge < -0.3 is 14.0 Å². The maximum absolute atomic E-state index is 7.02. The van der Waals surface area contributed by atoms with Crippen LogP contribution in [0.5, 0.6) is 0 Å². The minimum Gasteiger partial charge on any atom is -0.486 e. The van der Waals surface area contributed by atoms with Crippen molar-refractivity contribution in [2.75, 3.05) is 0 Å². The van der Waals surface area contributed by atoms with Crippen LogP contribution in [0.25, 0.3) is 33.8 Å². The summed E-state index contributed by atoms with van der Waals surface area (Å²) in [5.41, 5.74) is 11.6. The number of aromatic nitrogens is 1. The van der Waals surface area contributed by atoms with E-state index in [-0.39, 0.29) is 41.5 Å². The predicted molar refractivity (Wildman–Crippen MR) is 213 cm³/mol. The number of benzene rings is 2. The first kappa shape index (κ1) is 30.5. The summed E-state index contributed by atoms with van der Waals surface area (Å²) in [6, 6.07) is 18.0. The minimum absolute atomic E-state index is 0.00859. The third kappa shape index (κ3) is 4.48. The van der Waals surface area contributed by atoms with Crippen LogP contribution in [0.3, 0.4) is 0 Å². The molecule has 2 aromatic carbocycles. The van der Waals surface area contributed by atoms with Gasteiger partial charge in [0, 0.05) is 45.5 Å². The lowest BCUT2D eigenvalue weighted by Crippen LogP contribution is -2.62. The van der Waals surface area contributed by atoms with E-state index in [0.29, 0.717) is 0 Å². The average Bonchev–Trinajstić information content (AvgIpc) is 3.55. The number of fused-ring (bicyclic) bond motifs is 11. The Balaban J connectivity index is 1.10. The fourth-order valence-corrected chi connectivity index (χ4v) is 10.7. The van der Waals surface area contributed by atoms with Crippen LogP contribution in [0.1, 0.15) is 54.5 Å². The van der Waals surface area contributed by atoms with Gasteiger partial charge in [-0.25, -0.2) is 0 Å². The molecule has 0 radical (unpaired) electrons. The molecule has 256 valence electrons. The van der Waals surface area contributed by atoms with Gasteiger partial charge in [0.2, 0.25) is 0 Å². The zero-order chi connectivity index (χ0) is 34.2. The van der Waals surface area contributed by atoms with Crippen molar-refractivity contribution in [2.45, 2.75) is 56.8 Å². The van der Waals surface area contributed by atoms with E-state index in [4.69, 9.17) is 9.47 Å². The number of allylic oxidation sites excluding steroid dienone is 14. The van der Waals surface area contributed by atoms with Crippen molar-refractivity contribution in [3.63, 3.8) is 0 Å². The highest BCUT2D eigenvalue weighted by molar-refractivity contribution is 5.97. The second kappa shape index (κ2) is 12.0. The Morgan fingerprint density at radius 3 is 2.29 bits per heavy atom. The molecular formula is C49H43NO2. The molecule has 0 N–H and O–H groups in total. The summed E-state index contributed by atoms with van der Waals surface area (Å²) in [7, 11) is 0. The standard InChI is InChI=1S/C49H43NO2/c1-3-13-32(14-4-1)34-24-27-47-41(30-34)49(39-18-8-11-21-45(39)51-47)40-19-9-12-22-46(40)52-48-28-25-35(31-42(48)49)33-23-26-44-38(29-33)37-17-7-10-20-43(37)50(44)36-15-5-2-6-16-36/h1,3-5,7-8,11,13-19,21-31,39,41-42,45,47-48H,2,6,9-10,12,20H2. The Labute approximate surface area is 306 Å². The van der Waals surface area contributed by atoms with Crippen molar-refractivity contribution in [3.8, 4) is 0 Å². The highest BCUT2D eigenvalue weighted by Gasteiger charge is 2.64. The first-order valence-electron chi connectivity index (χ1n) is 19.4. The van der Waals surface area contributed by atoms with E-state index in [0.717, 1.165) is 44.3 Å². The molecule has 0 amide bonds. The Hall–Kier alpha value is -5.12. The van der Waals surface area contributed by atoms with Crippen LogP contribution >= 0.6 is 0 Å². The first-order chi connectivity index (χ1) is 25.8. The molecule has 3 nitrogen and oxygen atoms in total. The second-order valence-electron chi connectivity index (χ2n) is 15.5. The molecule has 2 aliphatic heterocycles. The predicted octanol–water partition coefficient (Wildman–Crippen LogP) is 11.1. The molecule has 0 bridgehead atoms. The molecule has 2 saturated heterocycles. The highest BCUT2D eigenvalue weighted by Crippen LogP contribution is 2.65. The van der Waals surface area contributed by atoms with Crippen LogP contribution in [0.4, 0.5) is 0 Å². The summed E-state index contributed by atoms with van der Waals surface area (Å²) in [5, 5.41) is 1.34. The van der Waals surface area contributed by atoms with Gasteiger partial charge in [-0.2, -0.15) is 0 Å². The van der Waals surface area contributed by atoms with Gasteiger partial charge in [-0.05, 0) is 96.7 Å². The van der Waals surface area contributed by atoms with Gasteiger partial charge in [-0.3, -0.25) is 0 Å². The van der Waals surface area contributed by atoms with Crippen molar-refractivity contribution in [2.24, 2.45) is 23.2 Å². The molecule has 8 aliphatic rings. The second-order valence-corrected chi connectivity index (χ2v) is 15.5. The van der Waals surface area contributed by atoms with Crippen LogP contribution < -0.4 is 0 Å². The molecule has 3 heterocycles. The van der Waals surface area contributed by atoms with Crippen LogP contribution in [0.2, 0.25) is 0 Å². The van der Waals surface area contributed by atoms with E-state index in [9.17, 15) is 0 Å². The van der Waals surface area contributed by atoms with E-state index >= 15 is 0 Å². The van der Waals surface area contributed by atoms with Crippen molar-refractivity contribution in [3.05, 3.63) is 179 Å². The van der Waals surface area contributed by atoms with Gasteiger partial charge in [0.1, 0.15) is 11.9 Å². The molecule has 52 heavy (non-hydrogen) atoms. The molecule has 3 heteroatoms. The fourth-order valence-electron chi connectivity index (χ4n) is 10.7. The Morgan fingerprint density at radius 2 is 1.40 bits per heavy atom. The zero-order valence-corrected chi connectivity index (χ0v) is 29.4. The Morgan fingerprint density at radius 1 is 0.635 bits per heavy atom. The molecule has 6 aliphatic carbocycles. The maximum Gasteiger partial charge on any atom is 0.124 e. The number of rotatable bonds is 3. The summed E-state index contributed by atoms with van der Waals surface area (Å²) in [6.45, 7) is 0. The maximum atomic E-state index is 7.02. The van der Waals surface area contributed by atoms with Gasteiger partial charge in [0.15, 0.2) is 0 Å². The summed E-state index contributed by atoms with van der Waals surface area (Å²) in [5.74, 6) is 1.48. The molecule has 2 fully saturated rings. The molecule has 1 spiro atoms. The van der Waals surface area contributed by atoms with E-state index in [1.807, 2.05) is 0 Å². The zero-order valence-electron chi connectivity index (χ0n) is 29.4. The third-order valence-corrected chi connectivity index (χ3v) is 12.9. The quantitative estimate of drug-likeness (QED) is 0.275. The molecule has 7 unspecified atom stereocenters. The smallest absolute Gasteiger partial charge is 0.124 e. The van der Waals surface area contributed by atoms with E-state index in [1.54, 1.807) is 0 Å². The van der Waals surface area contributed by atoms with Crippen LogP contribution in [0, 0.1) is 23.2 Å². The van der Waals surface area contributed by atoms with Gasteiger partial charge in [0.25, 0.3) is 0 Å². The highest BCUT2D eigenvalue weighted by atomic mass is 16.5. The number of nitrogens with zero attached hydrogens (tertiary/aromatic N) is 1. The summed E-state index contributed by atoms with van der Waals surface area (Å²) in [4.78, 5) is 0. The van der Waals surface area contributed by atoms with Gasteiger partial charge in [0.05, 0.1) is 17.7 Å². The van der Waals surface area contributed by atoms with Crippen LogP contribution in [-0.4, -0.2) is 22.9 Å². The first-order valence-corrected chi connectivity index (χ1v) is 19.4. The summed E-state index contributed by atoms with van der Waals surface area (Å²) in [6.07, 6.45) is 46.6. The van der Waals surface area contributed by atoms with E-state index in [2.05, 4.69) is 156 Å². The molecular weight excluding hydrogens is 635 g/mol. The van der Waals surface area contributed by atoms with Crippen molar-refractivity contribution in [1.82, 2.24) is 4.57 Å². The SMILES string of the molecule is C1=CC2OC3C=CC(c4ccccc4)=CC3C3(C4=CCCC=C4OC4C=CC(c5ccc6c(c5)c5c(n6C6=CCCC=C6)CCC=C5)=CC43)C2C=C1. The Kier molecular flexibility index (Phi) is 7.02. The molecule has 0 saturated carbocycles. The molecule has 11 rings (SSSR count). The van der Waals surface area contributed by atoms with Crippen molar-refractivity contribution in [1.29, 1.82) is 0 Å². The largest absolute Gasteiger partial charge is 0.486 e. The Bertz CT molecular complexity index is 2340.